The van der Waals surface area contributed by atoms with Gasteiger partial charge in [-0.05, 0) is 62.9 Å². The predicted molar refractivity (Wildman–Crippen MR) is 144 cm³/mol. The molecule has 1 fully saturated rings. The molecule has 0 spiro atoms. The first-order chi connectivity index (χ1) is 18.0. The average molecular weight is 541 g/mol. The minimum Gasteiger partial charge on any atom is -0.487 e. The van der Waals surface area contributed by atoms with Gasteiger partial charge in [-0.15, -0.1) is 0 Å². The molecule has 1 aliphatic carbocycles. The van der Waals surface area contributed by atoms with Crippen molar-refractivity contribution in [1.82, 2.24) is 9.21 Å². The second-order valence-corrected chi connectivity index (χ2v) is 12.3. The molecule has 1 amide bonds. The molecule has 2 aliphatic rings. The van der Waals surface area contributed by atoms with Crippen molar-refractivity contribution in [2.75, 3.05) is 26.7 Å². The molecule has 0 bridgehead atoms. The van der Waals surface area contributed by atoms with Crippen molar-refractivity contribution in [2.24, 2.45) is 5.92 Å². The number of ether oxygens (including phenoxy) is 1. The third-order valence-electron chi connectivity index (χ3n) is 7.36. The Morgan fingerprint density at radius 1 is 1.21 bits per heavy atom. The highest BCUT2D eigenvalue weighted by molar-refractivity contribution is 7.89. The normalized spacial score (nSPS) is 23.1. The Labute approximate surface area is 225 Å². The molecule has 0 aromatic heterocycles. The summed E-state index contributed by atoms with van der Waals surface area (Å²) in [4.78, 5) is 14.6. The monoisotopic (exact) mass is 540 g/mol. The summed E-state index contributed by atoms with van der Waals surface area (Å²) < 4.78 is 35.0. The van der Waals surface area contributed by atoms with Gasteiger partial charge < -0.3 is 19.8 Å². The van der Waals surface area contributed by atoms with Crippen molar-refractivity contribution in [1.29, 1.82) is 0 Å². The van der Waals surface area contributed by atoms with E-state index in [1.54, 1.807) is 55.3 Å². The average Bonchev–Trinajstić information content (AvgIpc) is 3.35. The molecular weight excluding hydrogens is 504 g/mol. The zero-order chi connectivity index (χ0) is 27.5. The molecule has 0 radical (unpaired) electrons. The lowest BCUT2D eigenvalue weighted by molar-refractivity contribution is 0.0563. The Hall–Kier alpha value is -2.90. The number of rotatable bonds is 5. The Morgan fingerprint density at radius 3 is 2.55 bits per heavy atom. The Morgan fingerprint density at radius 2 is 1.89 bits per heavy atom. The van der Waals surface area contributed by atoms with Gasteiger partial charge in [0.05, 0.1) is 13.2 Å². The summed E-state index contributed by atoms with van der Waals surface area (Å²) in [5.74, 6) is 5.63. The van der Waals surface area contributed by atoms with Crippen LogP contribution in [-0.4, -0.2) is 78.2 Å². The summed E-state index contributed by atoms with van der Waals surface area (Å²) in [6.45, 7) is 3.56. The fourth-order valence-corrected chi connectivity index (χ4v) is 6.77. The topological polar surface area (TPSA) is 107 Å². The molecule has 38 heavy (non-hydrogen) atoms. The minimum atomic E-state index is -3.99. The number of fused-ring (bicyclic) bond motifs is 1. The lowest BCUT2D eigenvalue weighted by Crippen LogP contribution is -2.50. The fourth-order valence-electron chi connectivity index (χ4n) is 4.95. The molecule has 1 aliphatic heterocycles. The standard InChI is InChI=1S/C29H36N2O6S/c1-21-18-31(22(2)20-32)38(35,36)27-12-11-23(13-16-29(34)14-7-8-15-29)17-25(27)37-26(21)19-30(3)28(33)24-9-5-4-6-10-24/h4-6,9-12,17,21-22,26,32,34H,7-8,14-15,18-20H2,1-3H3/t21-,22+,26+/m1/s1. The second kappa shape index (κ2) is 11.5. The molecule has 2 aromatic rings. The molecule has 8 nitrogen and oxygen atoms in total. The number of sulfonamides is 1. The van der Waals surface area contributed by atoms with Gasteiger partial charge >= 0.3 is 0 Å². The van der Waals surface area contributed by atoms with Crippen LogP contribution in [0.2, 0.25) is 0 Å². The van der Waals surface area contributed by atoms with Crippen molar-refractivity contribution in [2.45, 2.75) is 62.2 Å². The quantitative estimate of drug-likeness (QED) is 0.565. The number of hydrogen-bond donors (Lipinski definition) is 2. The number of carbonyl (C=O) groups is 1. The first-order valence-electron chi connectivity index (χ1n) is 13.0. The summed E-state index contributed by atoms with van der Waals surface area (Å²) in [5, 5.41) is 20.5. The number of aliphatic hydroxyl groups is 2. The molecule has 0 unspecified atom stereocenters. The highest BCUT2D eigenvalue weighted by atomic mass is 32.2. The van der Waals surface area contributed by atoms with Gasteiger partial charge in [0, 0.05) is 36.7 Å². The Balaban J connectivity index is 1.71. The SMILES string of the molecule is C[C@@H]1CN([C@@H](C)CO)S(=O)(=O)c2ccc(C#CC3(O)CCCC3)cc2O[C@H]1CN(C)C(=O)c1ccccc1. The van der Waals surface area contributed by atoms with Crippen LogP contribution in [0.4, 0.5) is 0 Å². The van der Waals surface area contributed by atoms with Gasteiger partial charge in [0.25, 0.3) is 5.91 Å². The summed E-state index contributed by atoms with van der Waals surface area (Å²) in [7, 11) is -2.29. The van der Waals surface area contributed by atoms with Crippen LogP contribution in [0, 0.1) is 17.8 Å². The van der Waals surface area contributed by atoms with E-state index >= 15 is 0 Å². The number of carbonyl (C=O) groups excluding carboxylic acids is 1. The van der Waals surface area contributed by atoms with E-state index in [0.29, 0.717) is 24.0 Å². The molecule has 3 atom stereocenters. The van der Waals surface area contributed by atoms with Gasteiger partial charge in [-0.2, -0.15) is 4.31 Å². The molecule has 9 heteroatoms. The lowest BCUT2D eigenvalue weighted by Gasteiger charge is -2.37. The molecule has 2 N–H and O–H groups in total. The van der Waals surface area contributed by atoms with Crippen molar-refractivity contribution < 1.29 is 28.2 Å². The van der Waals surface area contributed by atoms with E-state index in [0.717, 1.165) is 12.8 Å². The molecule has 204 valence electrons. The van der Waals surface area contributed by atoms with E-state index in [9.17, 15) is 23.4 Å². The highest BCUT2D eigenvalue weighted by Crippen LogP contribution is 2.34. The third-order valence-corrected chi connectivity index (χ3v) is 9.38. The summed E-state index contributed by atoms with van der Waals surface area (Å²) >= 11 is 0. The summed E-state index contributed by atoms with van der Waals surface area (Å²) in [5.41, 5.74) is 0.0541. The maximum Gasteiger partial charge on any atom is 0.253 e. The molecule has 1 saturated carbocycles. The number of likely N-dealkylation sites (N-methyl/N-ethyl adjacent to an activating group) is 1. The van der Waals surface area contributed by atoms with Crippen LogP contribution < -0.4 is 4.74 Å². The van der Waals surface area contributed by atoms with Crippen molar-refractivity contribution in [3.05, 3.63) is 59.7 Å². The molecule has 0 saturated heterocycles. The first-order valence-corrected chi connectivity index (χ1v) is 14.5. The van der Waals surface area contributed by atoms with Gasteiger partial charge in [-0.3, -0.25) is 4.79 Å². The highest BCUT2D eigenvalue weighted by Gasteiger charge is 2.38. The van der Waals surface area contributed by atoms with Crippen LogP contribution in [0.3, 0.4) is 0 Å². The Bertz CT molecular complexity index is 1310. The minimum absolute atomic E-state index is 0.0168. The van der Waals surface area contributed by atoms with Gasteiger partial charge in [0.15, 0.2) is 0 Å². The lowest BCUT2D eigenvalue weighted by atomic mass is 10.0. The zero-order valence-electron chi connectivity index (χ0n) is 22.1. The van der Waals surface area contributed by atoms with E-state index in [2.05, 4.69) is 11.8 Å². The van der Waals surface area contributed by atoms with E-state index in [1.807, 2.05) is 13.0 Å². The van der Waals surface area contributed by atoms with Crippen LogP contribution in [0.15, 0.2) is 53.4 Å². The number of benzene rings is 2. The van der Waals surface area contributed by atoms with Crippen molar-refractivity contribution >= 4 is 15.9 Å². The zero-order valence-corrected chi connectivity index (χ0v) is 22.9. The van der Waals surface area contributed by atoms with E-state index in [4.69, 9.17) is 4.74 Å². The molecule has 4 rings (SSSR count). The molecule has 1 heterocycles. The smallest absolute Gasteiger partial charge is 0.253 e. The van der Waals surface area contributed by atoms with Gasteiger partial charge in [0.1, 0.15) is 22.4 Å². The van der Waals surface area contributed by atoms with E-state index in [-0.39, 0.29) is 42.2 Å². The number of nitrogens with zero attached hydrogens (tertiary/aromatic N) is 2. The van der Waals surface area contributed by atoms with Crippen molar-refractivity contribution in [3.8, 4) is 17.6 Å². The fraction of sp³-hybridized carbons (Fsp3) is 0.483. The van der Waals surface area contributed by atoms with Gasteiger partial charge in [-0.25, -0.2) is 8.42 Å². The first kappa shape index (κ1) is 28.1. The molecule has 2 aromatic carbocycles. The number of aliphatic hydroxyl groups excluding tert-OH is 1. The maximum atomic E-state index is 13.7. The predicted octanol–water partition coefficient (Wildman–Crippen LogP) is 2.88. The summed E-state index contributed by atoms with van der Waals surface area (Å²) in [6, 6.07) is 13.0. The van der Waals surface area contributed by atoms with Crippen molar-refractivity contribution in [3.63, 3.8) is 0 Å². The second-order valence-electron chi connectivity index (χ2n) is 10.4. The van der Waals surface area contributed by atoms with Crippen LogP contribution >= 0.6 is 0 Å². The van der Waals surface area contributed by atoms with Gasteiger partial charge in [0.2, 0.25) is 10.0 Å². The van der Waals surface area contributed by atoms with E-state index in [1.165, 1.54) is 10.4 Å². The van der Waals surface area contributed by atoms with Crippen LogP contribution in [0.5, 0.6) is 5.75 Å². The Kier molecular flexibility index (Phi) is 8.48. The van der Waals surface area contributed by atoms with E-state index < -0.39 is 27.8 Å². The maximum absolute atomic E-state index is 13.7. The number of hydrogen-bond acceptors (Lipinski definition) is 6. The number of amides is 1. The van der Waals surface area contributed by atoms with Crippen LogP contribution in [0.25, 0.3) is 0 Å². The summed E-state index contributed by atoms with van der Waals surface area (Å²) in [6.07, 6.45) is 2.54. The third kappa shape index (κ3) is 6.05. The largest absolute Gasteiger partial charge is 0.487 e. The molecular formula is C29H36N2O6S. The van der Waals surface area contributed by atoms with Crippen LogP contribution in [-0.2, 0) is 10.0 Å². The van der Waals surface area contributed by atoms with Crippen LogP contribution in [0.1, 0.15) is 55.5 Å². The van der Waals surface area contributed by atoms with Gasteiger partial charge in [-0.1, -0.05) is 37.0 Å².